The molecule has 0 amide bonds. The summed E-state index contributed by atoms with van der Waals surface area (Å²) < 4.78 is 5.61. The number of H-pyrrole nitrogens is 1. The molecule has 0 aliphatic rings. The van der Waals surface area contributed by atoms with E-state index in [4.69, 9.17) is 4.74 Å². The fraction of sp³-hybridized carbons (Fsp3) is 0.176. The van der Waals surface area contributed by atoms with Crippen LogP contribution in [-0.2, 0) is 0 Å². The molecule has 1 aromatic heterocycles. The smallest absolute Gasteiger partial charge is 0.127 e. The van der Waals surface area contributed by atoms with Gasteiger partial charge in [0.25, 0.3) is 0 Å². The first-order chi connectivity index (χ1) is 10.8. The molecule has 22 heavy (non-hydrogen) atoms. The van der Waals surface area contributed by atoms with E-state index < -0.39 is 0 Å². The third-order valence-corrected chi connectivity index (χ3v) is 3.40. The molecule has 5 nitrogen and oxygen atoms in total. The number of allylic oxidation sites excluding steroid dienone is 1. The van der Waals surface area contributed by atoms with Gasteiger partial charge in [0.1, 0.15) is 22.5 Å². The first-order valence-corrected chi connectivity index (χ1v) is 7.16. The molecule has 3 rings (SSSR count). The van der Waals surface area contributed by atoms with Gasteiger partial charge in [0.2, 0.25) is 0 Å². The summed E-state index contributed by atoms with van der Waals surface area (Å²) in [6.45, 7) is 2.56. The Kier molecular flexibility index (Phi) is 4.05. The van der Waals surface area contributed by atoms with E-state index in [0.717, 1.165) is 23.0 Å². The van der Waals surface area contributed by atoms with E-state index in [1.54, 1.807) is 6.07 Å². The van der Waals surface area contributed by atoms with Crippen LogP contribution in [0.25, 0.3) is 22.2 Å². The van der Waals surface area contributed by atoms with Gasteiger partial charge in [-0.1, -0.05) is 24.3 Å². The van der Waals surface area contributed by atoms with Gasteiger partial charge in [0.15, 0.2) is 0 Å². The highest BCUT2D eigenvalue weighted by Crippen LogP contribution is 2.35. The van der Waals surface area contributed by atoms with Crippen LogP contribution >= 0.6 is 0 Å². The Hall–Kier alpha value is -2.82. The molecule has 1 heterocycles. The molecule has 2 aromatic carbocycles. The number of para-hydroxylation sites is 1. The number of ether oxygens (including phenoxy) is 1. The number of benzene rings is 2. The van der Waals surface area contributed by atoms with Crippen molar-refractivity contribution in [2.24, 2.45) is 0 Å². The Morgan fingerprint density at radius 1 is 1.18 bits per heavy atom. The molecule has 2 N–H and O–H groups in total. The Morgan fingerprint density at radius 2 is 2.09 bits per heavy atom. The molecule has 0 fully saturated rings. The highest BCUT2D eigenvalue weighted by atomic mass is 16.5. The SMILES string of the molecule is CC=CCCOc1ccc(-c2cccc3n[nH]nc23)c(O)c1. The highest BCUT2D eigenvalue weighted by molar-refractivity contribution is 5.93. The maximum Gasteiger partial charge on any atom is 0.127 e. The van der Waals surface area contributed by atoms with Crippen molar-refractivity contribution in [1.82, 2.24) is 15.4 Å². The zero-order chi connectivity index (χ0) is 15.4. The summed E-state index contributed by atoms with van der Waals surface area (Å²) in [5.74, 6) is 0.817. The number of aromatic nitrogens is 3. The zero-order valence-corrected chi connectivity index (χ0v) is 12.3. The van der Waals surface area contributed by atoms with Crippen LogP contribution in [0.1, 0.15) is 13.3 Å². The summed E-state index contributed by atoms with van der Waals surface area (Å²) in [6.07, 6.45) is 4.87. The van der Waals surface area contributed by atoms with Crippen molar-refractivity contribution in [3.05, 3.63) is 48.6 Å². The minimum absolute atomic E-state index is 0.166. The average Bonchev–Trinajstić information content (AvgIpc) is 3.00. The number of nitrogens with one attached hydrogen (secondary N) is 1. The Labute approximate surface area is 128 Å². The molecule has 3 aromatic rings. The number of rotatable bonds is 5. The molecule has 0 unspecified atom stereocenters. The zero-order valence-electron chi connectivity index (χ0n) is 12.3. The van der Waals surface area contributed by atoms with Crippen LogP contribution in [0.5, 0.6) is 11.5 Å². The minimum atomic E-state index is 0.166. The summed E-state index contributed by atoms with van der Waals surface area (Å²) in [7, 11) is 0. The molecule has 112 valence electrons. The van der Waals surface area contributed by atoms with Gasteiger partial charge in [0.05, 0.1) is 6.61 Å². The van der Waals surface area contributed by atoms with E-state index in [-0.39, 0.29) is 5.75 Å². The number of aromatic hydroxyl groups is 1. The summed E-state index contributed by atoms with van der Waals surface area (Å²) in [5.41, 5.74) is 3.05. The molecule has 0 atom stereocenters. The number of phenols is 1. The predicted octanol–water partition coefficient (Wildman–Crippen LogP) is 3.68. The van der Waals surface area contributed by atoms with Crippen molar-refractivity contribution >= 4 is 11.0 Å². The van der Waals surface area contributed by atoms with E-state index in [1.807, 2.05) is 49.4 Å². The van der Waals surface area contributed by atoms with Crippen LogP contribution in [0.15, 0.2) is 48.6 Å². The van der Waals surface area contributed by atoms with E-state index >= 15 is 0 Å². The lowest BCUT2D eigenvalue weighted by atomic mass is 10.0. The fourth-order valence-electron chi connectivity index (χ4n) is 2.33. The largest absolute Gasteiger partial charge is 0.507 e. The average molecular weight is 295 g/mol. The third kappa shape index (κ3) is 2.79. The highest BCUT2D eigenvalue weighted by Gasteiger charge is 2.11. The summed E-state index contributed by atoms with van der Waals surface area (Å²) in [4.78, 5) is 0. The predicted molar refractivity (Wildman–Crippen MR) is 85.9 cm³/mol. The van der Waals surface area contributed by atoms with E-state index in [0.29, 0.717) is 17.9 Å². The Bertz CT molecular complexity index is 809. The topological polar surface area (TPSA) is 71.0 Å². The minimum Gasteiger partial charge on any atom is -0.507 e. The second-order valence-electron chi connectivity index (χ2n) is 4.88. The number of hydrogen-bond donors (Lipinski definition) is 2. The molecular weight excluding hydrogens is 278 g/mol. The van der Waals surface area contributed by atoms with Gasteiger partial charge in [-0.3, -0.25) is 0 Å². The Balaban J connectivity index is 1.87. The number of fused-ring (bicyclic) bond motifs is 1. The molecule has 0 saturated carbocycles. The van der Waals surface area contributed by atoms with Crippen LogP contribution in [0.3, 0.4) is 0 Å². The van der Waals surface area contributed by atoms with Crippen LogP contribution < -0.4 is 4.74 Å². The molecule has 0 aliphatic heterocycles. The van der Waals surface area contributed by atoms with E-state index in [9.17, 15) is 5.11 Å². The second-order valence-corrected chi connectivity index (χ2v) is 4.88. The quantitative estimate of drug-likeness (QED) is 0.556. The number of nitrogens with zero attached hydrogens (tertiary/aromatic N) is 2. The van der Waals surface area contributed by atoms with Crippen LogP contribution in [0, 0.1) is 0 Å². The van der Waals surface area contributed by atoms with Gasteiger partial charge in [-0.15, -0.1) is 0 Å². The van der Waals surface area contributed by atoms with Crippen molar-refractivity contribution in [3.8, 4) is 22.6 Å². The molecule has 0 saturated heterocycles. The van der Waals surface area contributed by atoms with Gasteiger partial charge in [-0.2, -0.15) is 15.4 Å². The lowest BCUT2D eigenvalue weighted by molar-refractivity contribution is 0.323. The maximum atomic E-state index is 10.3. The first-order valence-electron chi connectivity index (χ1n) is 7.16. The monoisotopic (exact) mass is 295 g/mol. The van der Waals surface area contributed by atoms with Crippen LogP contribution in [0.2, 0.25) is 0 Å². The van der Waals surface area contributed by atoms with Gasteiger partial charge < -0.3 is 9.84 Å². The summed E-state index contributed by atoms with van der Waals surface area (Å²) >= 11 is 0. The van der Waals surface area contributed by atoms with Gasteiger partial charge >= 0.3 is 0 Å². The lowest BCUT2D eigenvalue weighted by Gasteiger charge is -2.09. The van der Waals surface area contributed by atoms with Crippen LogP contribution in [-0.4, -0.2) is 27.1 Å². The van der Waals surface area contributed by atoms with Gasteiger partial charge in [-0.05, 0) is 31.5 Å². The van der Waals surface area contributed by atoms with E-state index in [2.05, 4.69) is 15.4 Å². The number of hydrogen-bond acceptors (Lipinski definition) is 4. The normalized spacial score (nSPS) is 11.3. The standard InChI is InChI=1S/C17H17N3O2/c1-2-3-4-10-22-12-8-9-13(16(21)11-12)14-6-5-7-15-17(14)19-20-18-15/h2-3,5-9,11,21H,4,10H2,1H3,(H,18,19,20). The van der Waals surface area contributed by atoms with Crippen molar-refractivity contribution < 1.29 is 9.84 Å². The Morgan fingerprint density at radius 3 is 2.91 bits per heavy atom. The fourth-order valence-corrected chi connectivity index (χ4v) is 2.33. The summed E-state index contributed by atoms with van der Waals surface area (Å²) in [5, 5.41) is 21.1. The number of aromatic amines is 1. The maximum absolute atomic E-state index is 10.3. The van der Waals surface area contributed by atoms with Crippen molar-refractivity contribution in [2.75, 3.05) is 6.61 Å². The second kappa shape index (κ2) is 6.30. The molecule has 0 spiro atoms. The molecular formula is C17H17N3O2. The van der Waals surface area contributed by atoms with Gasteiger partial charge in [-0.25, -0.2) is 0 Å². The molecule has 0 radical (unpaired) electrons. The molecule has 0 bridgehead atoms. The number of phenolic OH excluding ortho intramolecular Hbond substituents is 1. The van der Waals surface area contributed by atoms with Crippen molar-refractivity contribution in [3.63, 3.8) is 0 Å². The van der Waals surface area contributed by atoms with Crippen molar-refractivity contribution in [2.45, 2.75) is 13.3 Å². The first kappa shape index (κ1) is 14.1. The lowest BCUT2D eigenvalue weighted by Crippen LogP contribution is -1.95. The third-order valence-electron chi connectivity index (χ3n) is 3.40. The van der Waals surface area contributed by atoms with Crippen LogP contribution in [0.4, 0.5) is 0 Å². The molecule has 5 heteroatoms. The summed E-state index contributed by atoms with van der Waals surface area (Å²) in [6, 6.07) is 11.0. The van der Waals surface area contributed by atoms with E-state index in [1.165, 1.54) is 0 Å². The van der Waals surface area contributed by atoms with Gasteiger partial charge in [0, 0.05) is 17.2 Å². The molecule has 0 aliphatic carbocycles. The van der Waals surface area contributed by atoms with Crippen molar-refractivity contribution in [1.29, 1.82) is 0 Å².